The molecule has 0 radical (unpaired) electrons. The van der Waals surface area contributed by atoms with Crippen molar-refractivity contribution >= 4 is 63.2 Å². The molecule has 0 heterocycles. The summed E-state index contributed by atoms with van der Waals surface area (Å²) in [5.41, 5.74) is -1.61. The molecule has 0 aromatic rings. The zero-order valence-corrected chi connectivity index (χ0v) is 14.3. The van der Waals surface area contributed by atoms with E-state index < -0.39 is 28.6 Å². The van der Waals surface area contributed by atoms with E-state index in [0.29, 0.717) is 0 Å². The van der Waals surface area contributed by atoms with Crippen LogP contribution >= 0.6 is 0 Å². The van der Waals surface area contributed by atoms with E-state index in [0.717, 1.165) is 0 Å². The predicted octanol–water partition coefficient (Wildman–Crippen LogP) is 1.56. The normalized spacial score (nSPS) is 11.4. The first kappa shape index (κ1) is 18.7. The summed E-state index contributed by atoms with van der Waals surface area (Å²) in [6.07, 6.45) is 0. The number of Topliss-reactive ketones (excluding diaryl/α,β-unsaturated/α-hetero) is 1. The summed E-state index contributed by atoms with van der Waals surface area (Å²) in [6, 6.07) is 0. The first-order valence-electron chi connectivity index (χ1n) is 4.77. The second-order valence-electron chi connectivity index (χ2n) is 5.51. The maximum absolute atomic E-state index is 11.4. The molecule has 0 spiro atoms. The van der Waals surface area contributed by atoms with Crippen LogP contribution in [-0.2, 0) is 19.1 Å². The number of hydrogen-bond acceptors (Lipinski definition) is 4. The van der Waals surface area contributed by atoms with Crippen LogP contribution in [-0.4, -0.2) is 63.2 Å². The number of ether oxygens (including phenoxy) is 1. The van der Waals surface area contributed by atoms with Crippen molar-refractivity contribution in [2.45, 2.75) is 41.5 Å². The van der Waals surface area contributed by atoms with Gasteiger partial charge in [0.15, 0.2) is 0 Å². The van der Waals surface area contributed by atoms with Crippen molar-refractivity contribution in [2.24, 2.45) is 10.8 Å². The van der Waals surface area contributed by atoms with Gasteiger partial charge in [-0.3, -0.25) is 9.59 Å². The fraction of sp³-hybridized carbons (Fsp3) is 0.727. The number of ketones is 1. The minimum absolute atomic E-state index is 0. The third-order valence-corrected chi connectivity index (χ3v) is 1.66. The fourth-order valence-electron chi connectivity index (χ4n) is 0.590. The molecule has 0 aromatic carbocycles. The molecule has 0 atom stereocenters. The zero-order chi connectivity index (χ0) is 12.4. The molecule has 4 nitrogen and oxygen atoms in total. The standard InChI is InChI=1S/C11H18O4.Sr.2H/c1-10(2,3)7(12)8(13)15-9(14)11(4,5)6;;;/h1-6H3;;;/q;+2;2*-1. The molecule has 0 aliphatic rings. The van der Waals surface area contributed by atoms with Gasteiger partial charge >= 0.3 is 57.4 Å². The fourth-order valence-corrected chi connectivity index (χ4v) is 0.590. The summed E-state index contributed by atoms with van der Waals surface area (Å²) < 4.78 is 4.48. The van der Waals surface area contributed by atoms with Gasteiger partial charge in [0.2, 0.25) is 5.78 Å². The van der Waals surface area contributed by atoms with Crippen LogP contribution in [0.25, 0.3) is 0 Å². The summed E-state index contributed by atoms with van der Waals surface area (Å²) >= 11 is 0. The summed E-state index contributed by atoms with van der Waals surface area (Å²) in [4.78, 5) is 34.0. The molecular weight excluding hydrogens is 284 g/mol. The second-order valence-corrected chi connectivity index (χ2v) is 5.51. The van der Waals surface area contributed by atoms with Gasteiger partial charge in [-0.1, -0.05) is 20.8 Å². The van der Waals surface area contributed by atoms with Gasteiger partial charge in [0.25, 0.3) is 0 Å². The molecule has 90 valence electrons. The Bertz CT molecular complexity index is 303. The topological polar surface area (TPSA) is 60.4 Å². The predicted molar refractivity (Wildman–Crippen MR) is 63.0 cm³/mol. The van der Waals surface area contributed by atoms with Crippen LogP contribution in [0.4, 0.5) is 0 Å². The average Bonchev–Trinajstić information content (AvgIpc) is 1.99. The number of hydrogen-bond donors (Lipinski definition) is 0. The molecule has 0 rings (SSSR count). The van der Waals surface area contributed by atoms with Crippen molar-refractivity contribution in [3.05, 3.63) is 0 Å². The molecular formula is C11H20O4Sr. The van der Waals surface area contributed by atoms with E-state index >= 15 is 0 Å². The molecule has 0 saturated carbocycles. The van der Waals surface area contributed by atoms with Crippen LogP contribution in [0.2, 0.25) is 0 Å². The van der Waals surface area contributed by atoms with Gasteiger partial charge in [0, 0.05) is 5.41 Å². The molecule has 0 unspecified atom stereocenters. The van der Waals surface area contributed by atoms with Crippen molar-refractivity contribution in [1.82, 2.24) is 0 Å². The number of rotatable bonds is 1. The number of esters is 2. The van der Waals surface area contributed by atoms with Gasteiger partial charge in [-0.05, 0) is 20.8 Å². The zero-order valence-electron chi connectivity index (χ0n) is 12.8. The Labute approximate surface area is 136 Å². The summed E-state index contributed by atoms with van der Waals surface area (Å²) in [5, 5.41) is 0. The Morgan fingerprint density at radius 1 is 0.875 bits per heavy atom. The maximum Gasteiger partial charge on any atom is 2.00 e. The Kier molecular flexibility index (Phi) is 7.33. The Morgan fingerprint density at radius 2 is 1.25 bits per heavy atom. The molecule has 0 amide bonds. The number of carbonyl (C=O) groups is 3. The van der Waals surface area contributed by atoms with Crippen LogP contribution in [0, 0.1) is 10.8 Å². The Balaban J connectivity index is -0.000000327. The Hall–Kier alpha value is 0.291. The van der Waals surface area contributed by atoms with E-state index in [-0.39, 0.29) is 48.3 Å². The minimum atomic E-state index is -1.08. The van der Waals surface area contributed by atoms with E-state index in [1.54, 1.807) is 41.5 Å². The van der Waals surface area contributed by atoms with Crippen molar-refractivity contribution in [2.75, 3.05) is 0 Å². The second kappa shape index (κ2) is 6.28. The molecule has 0 N–H and O–H groups in total. The molecule has 0 aliphatic carbocycles. The van der Waals surface area contributed by atoms with Crippen molar-refractivity contribution in [3.63, 3.8) is 0 Å². The van der Waals surface area contributed by atoms with Gasteiger partial charge < -0.3 is 7.59 Å². The summed E-state index contributed by atoms with van der Waals surface area (Å²) in [7, 11) is 0. The minimum Gasteiger partial charge on any atom is -1.00 e. The molecule has 0 saturated heterocycles. The summed E-state index contributed by atoms with van der Waals surface area (Å²) in [6.45, 7) is 9.63. The number of carbonyl (C=O) groups excluding carboxylic acids is 3. The molecule has 0 bridgehead atoms. The molecule has 0 aromatic heterocycles. The van der Waals surface area contributed by atoms with Gasteiger partial charge in [0.1, 0.15) is 0 Å². The van der Waals surface area contributed by atoms with E-state index in [1.165, 1.54) is 0 Å². The third-order valence-electron chi connectivity index (χ3n) is 1.66. The van der Waals surface area contributed by atoms with E-state index in [9.17, 15) is 14.4 Å². The van der Waals surface area contributed by atoms with Crippen LogP contribution in [0.15, 0.2) is 0 Å². The molecule has 0 fully saturated rings. The SMILES string of the molecule is CC(C)(C)C(=O)OC(=O)C(=O)C(C)(C)C.[H-].[H-].[Sr+2]. The van der Waals surface area contributed by atoms with Gasteiger partial charge in [-0.2, -0.15) is 0 Å². The van der Waals surface area contributed by atoms with E-state index in [2.05, 4.69) is 4.74 Å². The smallest absolute Gasteiger partial charge is 1.00 e. The van der Waals surface area contributed by atoms with Gasteiger partial charge in [0.05, 0.1) is 5.41 Å². The van der Waals surface area contributed by atoms with Crippen LogP contribution < -0.4 is 0 Å². The van der Waals surface area contributed by atoms with E-state index in [4.69, 9.17) is 0 Å². The van der Waals surface area contributed by atoms with Crippen LogP contribution in [0.3, 0.4) is 0 Å². The quantitative estimate of drug-likeness (QED) is 0.319. The largest absolute Gasteiger partial charge is 2.00 e. The van der Waals surface area contributed by atoms with Crippen molar-refractivity contribution in [3.8, 4) is 0 Å². The first-order valence-corrected chi connectivity index (χ1v) is 4.77. The average molecular weight is 304 g/mol. The van der Waals surface area contributed by atoms with Crippen molar-refractivity contribution in [1.29, 1.82) is 0 Å². The first-order chi connectivity index (χ1) is 6.46. The van der Waals surface area contributed by atoms with Gasteiger partial charge in [-0.15, -0.1) is 0 Å². The Morgan fingerprint density at radius 3 is 1.50 bits per heavy atom. The monoisotopic (exact) mass is 304 g/mol. The van der Waals surface area contributed by atoms with Crippen molar-refractivity contribution < 1.29 is 22.0 Å². The van der Waals surface area contributed by atoms with Crippen LogP contribution in [0.5, 0.6) is 0 Å². The molecule has 5 heteroatoms. The molecule has 16 heavy (non-hydrogen) atoms. The maximum atomic E-state index is 11.4. The summed E-state index contributed by atoms with van der Waals surface area (Å²) in [5.74, 6) is -2.47. The van der Waals surface area contributed by atoms with Crippen LogP contribution in [0.1, 0.15) is 44.4 Å². The molecule has 0 aliphatic heterocycles. The van der Waals surface area contributed by atoms with E-state index in [1.807, 2.05) is 0 Å². The van der Waals surface area contributed by atoms with Gasteiger partial charge in [-0.25, -0.2) is 4.79 Å². The third kappa shape index (κ3) is 6.13.